The second-order valence-electron chi connectivity index (χ2n) is 7.10. The smallest absolute Gasteiger partial charge is 0.0643 e. The summed E-state index contributed by atoms with van der Waals surface area (Å²) >= 11 is 0. The Morgan fingerprint density at radius 1 is 1.30 bits per heavy atom. The van der Waals surface area contributed by atoms with Crippen molar-refractivity contribution in [3.05, 3.63) is 11.6 Å². The summed E-state index contributed by atoms with van der Waals surface area (Å²) in [6, 6.07) is 0. The van der Waals surface area contributed by atoms with E-state index in [0.29, 0.717) is 23.9 Å². The second-order valence-corrected chi connectivity index (χ2v) is 7.10. The average Bonchev–Trinajstić information content (AvgIpc) is 2.42. The van der Waals surface area contributed by atoms with Gasteiger partial charge in [0.25, 0.3) is 0 Å². The summed E-state index contributed by atoms with van der Waals surface area (Å²) in [5.74, 6) is 1.45. The summed E-state index contributed by atoms with van der Waals surface area (Å²) < 4.78 is 6.23. The van der Waals surface area contributed by atoms with Crippen molar-refractivity contribution < 1.29 is 9.84 Å². The molecule has 2 rings (SSSR count). The van der Waals surface area contributed by atoms with Gasteiger partial charge in [-0.05, 0) is 25.2 Å². The number of ether oxygens (including phenoxy) is 1. The summed E-state index contributed by atoms with van der Waals surface area (Å²) in [7, 11) is 0. The highest BCUT2D eigenvalue weighted by Crippen LogP contribution is 2.52. The van der Waals surface area contributed by atoms with Gasteiger partial charge in [-0.25, -0.2) is 0 Å². The molecule has 0 aromatic carbocycles. The Labute approximate surface area is 124 Å². The highest BCUT2D eigenvalue weighted by atomic mass is 16.5. The summed E-state index contributed by atoms with van der Waals surface area (Å²) in [5.41, 5.74) is 1.43. The number of unbranched alkanes of at least 4 members (excludes halogenated alkanes) is 3. The van der Waals surface area contributed by atoms with E-state index in [4.69, 9.17) is 4.74 Å². The van der Waals surface area contributed by atoms with Crippen LogP contribution in [0.2, 0.25) is 0 Å². The van der Waals surface area contributed by atoms with Crippen molar-refractivity contribution in [2.45, 2.75) is 65.9 Å². The Bertz CT molecular complexity index is 349. The molecule has 5 unspecified atom stereocenters. The highest BCUT2D eigenvalue weighted by molar-refractivity contribution is 5.20. The van der Waals surface area contributed by atoms with Crippen LogP contribution in [0.25, 0.3) is 0 Å². The second kappa shape index (κ2) is 6.62. The van der Waals surface area contributed by atoms with Crippen LogP contribution >= 0.6 is 0 Å². The predicted octanol–water partition coefficient (Wildman–Crippen LogP) is 4.18. The van der Waals surface area contributed by atoms with E-state index in [1.54, 1.807) is 0 Å². The standard InChI is InChI=1S/C18H32O2/c1-5-6-7-8-9-16-17-13(2)10-14(3)18(11-19,12-20-16)15(17)4/h10,14-17,19H,5-9,11-12H2,1-4H3. The molecule has 1 fully saturated rings. The average molecular weight is 280 g/mol. The third-order valence-corrected chi connectivity index (χ3v) is 5.99. The Morgan fingerprint density at radius 3 is 2.70 bits per heavy atom. The number of hydrogen-bond acceptors (Lipinski definition) is 2. The lowest BCUT2D eigenvalue weighted by Gasteiger charge is -2.55. The van der Waals surface area contributed by atoms with Crippen molar-refractivity contribution in [3.63, 3.8) is 0 Å². The lowest BCUT2D eigenvalue weighted by molar-refractivity contribution is -0.164. The van der Waals surface area contributed by atoms with Gasteiger partial charge in [-0.2, -0.15) is 0 Å². The maximum Gasteiger partial charge on any atom is 0.0643 e. The number of fused-ring (bicyclic) bond motifs is 2. The lowest BCUT2D eigenvalue weighted by Crippen LogP contribution is -2.56. The normalized spacial score (nSPS) is 40.5. The monoisotopic (exact) mass is 280 g/mol. The first-order valence-electron chi connectivity index (χ1n) is 8.47. The van der Waals surface area contributed by atoms with E-state index in [1.807, 2.05) is 0 Å². The SMILES string of the molecule is CCCCCCC1OCC2(CO)C(C)C=C(C)C1C2C. The van der Waals surface area contributed by atoms with Crippen molar-refractivity contribution in [3.8, 4) is 0 Å². The largest absolute Gasteiger partial charge is 0.396 e. The van der Waals surface area contributed by atoms with Crippen molar-refractivity contribution in [2.24, 2.45) is 23.2 Å². The van der Waals surface area contributed by atoms with Crippen molar-refractivity contribution in [1.82, 2.24) is 0 Å². The zero-order chi connectivity index (χ0) is 14.8. The minimum atomic E-state index is -0.0515. The number of hydrogen-bond donors (Lipinski definition) is 1. The van der Waals surface area contributed by atoms with Gasteiger partial charge in [0.1, 0.15) is 0 Å². The van der Waals surface area contributed by atoms with Gasteiger partial charge in [-0.3, -0.25) is 0 Å². The Morgan fingerprint density at radius 2 is 2.05 bits per heavy atom. The van der Waals surface area contributed by atoms with Gasteiger partial charge in [0.15, 0.2) is 0 Å². The van der Waals surface area contributed by atoms with E-state index < -0.39 is 0 Å². The number of aliphatic hydroxyl groups excluding tert-OH is 1. The van der Waals surface area contributed by atoms with Gasteiger partial charge in [0.05, 0.1) is 19.3 Å². The molecule has 0 spiro atoms. The number of aliphatic hydroxyl groups is 1. The fourth-order valence-corrected chi connectivity index (χ4v) is 4.45. The molecule has 2 heteroatoms. The van der Waals surface area contributed by atoms with Crippen LogP contribution in [0, 0.1) is 23.2 Å². The van der Waals surface area contributed by atoms with Crippen LogP contribution in [0.15, 0.2) is 11.6 Å². The van der Waals surface area contributed by atoms with Crippen LogP contribution in [0.5, 0.6) is 0 Å². The fraction of sp³-hybridized carbons (Fsp3) is 0.889. The van der Waals surface area contributed by atoms with Gasteiger partial charge in [-0.1, -0.05) is 58.1 Å². The summed E-state index contributed by atoms with van der Waals surface area (Å²) in [4.78, 5) is 0. The summed E-state index contributed by atoms with van der Waals surface area (Å²) in [6.45, 7) is 10.0. The molecule has 1 aliphatic carbocycles. The first kappa shape index (κ1) is 16.0. The maximum atomic E-state index is 9.94. The fourth-order valence-electron chi connectivity index (χ4n) is 4.45. The molecule has 2 aliphatic rings. The molecule has 0 amide bonds. The molecule has 1 heterocycles. The molecule has 5 atom stereocenters. The molecule has 1 N–H and O–H groups in total. The van der Waals surface area contributed by atoms with Gasteiger partial charge < -0.3 is 9.84 Å². The van der Waals surface area contributed by atoms with E-state index in [2.05, 4.69) is 33.8 Å². The molecule has 1 aliphatic heterocycles. The Hall–Kier alpha value is -0.340. The first-order valence-corrected chi connectivity index (χ1v) is 8.47. The van der Waals surface area contributed by atoms with Gasteiger partial charge >= 0.3 is 0 Å². The highest BCUT2D eigenvalue weighted by Gasteiger charge is 2.52. The molecule has 0 aromatic heterocycles. The van der Waals surface area contributed by atoms with E-state index in [-0.39, 0.29) is 12.0 Å². The predicted molar refractivity (Wildman–Crippen MR) is 83.6 cm³/mol. The van der Waals surface area contributed by atoms with E-state index in [0.717, 1.165) is 6.61 Å². The molecule has 1 saturated heterocycles. The first-order chi connectivity index (χ1) is 9.56. The maximum absolute atomic E-state index is 9.94. The third kappa shape index (κ3) is 2.69. The minimum Gasteiger partial charge on any atom is -0.396 e. The Balaban J connectivity index is 2.08. The quantitative estimate of drug-likeness (QED) is 0.584. The van der Waals surface area contributed by atoms with Gasteiger partial charge in [0.2, 0.25) is 0 Å². The van der Waals surface area contributed by atoms with Crippen molar-refractivity contribution in [2.75, 3.05) is 13.2 Å². The van der Waals surface area contributed by atoms with Crippen LogP contribution in [0.4, 0.5) is 0 Å². The van der Waals surface area contributed by atoms with Crippen LogP contribution in [0.1, 0.15) is 59.8 Å². The topological polar surface area (TPSA) is 29.5 Å². The van der Waals surface area contributed by atoms with Crippen LogP contribution in [-0.2, 0) is 4.74 Å². The molecule has 0 aromatic rings. The molecule has 2 nitrogen and oxygen atoms in total. The van der Waals surface area contributed by atoms with Crippen molar-refractivity contribution >= 4 is 0 Å². The molecule has 2 bridgehead atoms. The lowest BCUT2D eigenvalue weighted by atomic mass is 9.56. The summed E-state index contributed by atoms with van der Waals surface area (Å²) in [6.07, 6.45) is 9.15. The molecule has 20 heavy (non-hydrogen) atoms. The van der Waals surface area contributed by atoms with Gasteiger partial charge in [-0.15, -0.1) is 0 Å². The van der Waals surface area contributed by atoms with Crippen LogP contribution in [-0.4, -0.2) is 24.4 Å². The number of rotatable bonds is 6. The molecular formula is C18H32O2. The summed E-state index contributed by atoms with van der Waals surface area (Å²) in [5, 5.41) is 9.94. The van der Waals surface area contributed by atoms with E-state index >= 15 is 0 Å². The van der Waals surface area contributed by atoms with Gasteiger partial charge in [0, 0.05) is 11.3 Å². The van der Waals surface area contributed by atoms with Crippen molar-refractivity contribution in [1.29, 1.82) is 0 Å². The zero-order valence-electron chi connectivity index (χ0n) is 13.7. The van der Waals surface area contributed by atoms with E-state index in [9.17, 15) is 5.11 Å². The van der Waals surface area contributed by atoms with Crippen LogP contribution < -0.4 is 0 Å². The van der Waals surface area contributed by atoms with E-state index in [1.165, 1.54) is 37.7 Å². The molecule has 0 radical (unpaired) electrons. The zero-order valence-corrected chi connectivity index (χ0v) is 13.7. The number of allylic oxidation sites excluding steroid dienone is 1. The minimum absolute atomic E-state index is 0.0515. The third-order valence-electron chi connectivity index (χ3n) is 5.99. The van der Waals surface area contributed by atoms with Crippen LogP contribution in [0.3, 0.4) is 0 Å². The molecular weight excluding hydrogens is 248 g/mol. The Kier molecular flexibility index (Phi) is 5.30. The molecule has 0 saturated carbocycles. The molecule has 116 valence electrons.